The molecule has 0 aromatic carbocycles. The van der Waals surface area contributed by atoms with Crippen molar-refractivity contribution in [3.8, 4) is 0 Å². The number of unbranched alkanes of at least 4 members (excludes halogenated alkanes) is 33. The Labute approximate surface area is 391 Å². The smallest absolute Gasteiger partial charge is 0.306 e. The van der Waals surface area contributed by atoms with E-state index in [0.29, 0.717) is 19.3 Å². The van der Waals surface area contributed by atoms with Gasteiger partial charge in [0, 0.05) is 19.3 Å². The molecule has 0 aromatic heterocycles. The first-order valence-corrected chi connectivity index (χ1v) is 27.5. The maximum absolute atomic E-state index is 12.8. The van der Waals surface area contributed by atoms with Gasteiger partial charge in [-0.05, 0) is 96.3 Å². The summed E-state index contributed by atoms with van der Waals surface area (Å²) in [6, 6.07) is 0. The average molecular weight is 885 g/mol. The Morgan fingerprint density at radius 3 is 0.810 bits per heavy atom. The van der Waals surface area contributed by atoms with E-state index in [1.165, 1.54) is 161 Å². The molecule has 0 spiro atoms. The van der Waals surface area contributed by atoms with Gasteiger partial charge in [-0.2, -0.15) is 0 Å². The van der Waals surface area contributed by atoms with Crippen LogP contribution in [0.25, 0.3) is 0 Å². The minimum absolute atomic E-state index is 0.0827. The van der Waals surface area contributed by atoms with E-state index in [4.69, 9.17) is 14.2 Å². The lowest BCUT2D eigenvalue weighted by Crippen LogP contribution is -2.30. The third-order valence-corrected chi connectivity index (χ3v) is 12.1. The van der Waals surface area contributed by atoms with Crippen LogP contribution in [0.4, 0.5) is 0 Å². The molecule has 1 unspecified atom stereocenters. The highest BCUT2D eigenvalue weighted by molar-refractivity contribution is 5.71. The topological polar surface area (TPSA) is 78.9 Å². The third kappa shape index (κ3) is 50.5. The van der Waals surface area contributed by atoms with Crippen molar-refractivity contribution in [2.75, 3.05) is 13.2 Å². The molecule has 0 aromatic rings. The molecule has 1 atom stereocenters. The summed E-state index contributed by atoms with van der Waals surface area (Å²) in [6.07, 6.45) is 61.3. The molecule has 0 heterocycles. The lowest BCUT2D eigenvalue weighted by atomic mass is 10.1. The van der Waals surface area contributed by atoms with Gasteiger partial charge in [0.1, 0.15) is 13.2 Å². The van der Waals surface area contributed by atoms with Crippen LogP contribution in [0.3, 0.4) is 0 Å². The van der Waals surface area contributed by atoms with Gasteiger partial charge in [-0.1, -0.05) is 211 Å². The summed E-state index contributed by atoms with van der Waals surface area (Å²) in [7, 11) is 0. The number of carbonyl (C=O) groups is 3. The summed E-state index contributed by atoms with van der Waals surface area (Å²) in [5.74, 6) is -0.903. The summed E-state index contributed by atoms with van der Waals surface area (Å²) < 4.78 is 16.8. The van der Waals surface area contributed by atoms with E-state index in [1.54, 1.807) is 0 Å². The number of hydrogen-bond acceptors (Lipinski definition) is 6. The fraction of sp³-hybridized carbons (Fsp3) is 0.842. The SMILES string of the molecule is CCCCCCCC/C=C\CCCCCC(=O)OCC(COC(=O)CCCCCCC/C=C\CCCCCCCCC)OC(=O)CCCCCCC/C=C\CCCCCCCCC. The van der Waals surface area contributed by atoms with Gasteiger partial charge in [0.25, 0.3) is 0 Å². The number of ether oxygens (including phenoxy) is 3. The van der Waals surface area contributed by atoms with E-state index in [1.807, 2.05) is 0 Å². The number of allylic oxidation sites excluding steroid dienone is 6. The summed E-state index contributed by atoms with van der Waals surface area (Å²) in [6.45, 7) is 6.62. The molecule has 0 rings (SSSR count). The van der Waals surface area contributed by atoms with Crippen molar-refractivity contribution in [2.45, 2.75) is 297 Å². The molecule has 63 heavy (non-hydrogen) atoms. The predicted molar refractivity (Wildman–Crippen MR) is 270 cm³/mol. The van der Waals surface area contributed by atoms with E-state index < -0.39 is 6.10 Å². The lowest BCUT2D eigenvalue weighted by Gasteiger charge is -2.18. The quantitative estimate of drug-likeness (QED) is 0.0262. The van der Waals surface area contributed by atoms with Gasteiger partial charge >= 0.3 is 17.9 Å². The van der Waals surface area contributed by atoms with Crippen molar-refractivity contribution in [3.63, 3.8) is 0 Å². The van der Waals surface area contributed by atoms with Crippen molar-refractivity contribution in [2.24, 2.45) is 0 Å². The van der Waals surface area contributed by atoms with Gasteiger partial charge in [0.2, 0.25) is 0 Å². The summed E-state index contributed by atoms with van der Waals surface area (Å²) in [5.41, 5.74) is 0. The van der Waals surface area contributed by atoms with Crippen LogP contribution in [0.1, 0.15) is 290 Å². The Morgan fingerprint density at radius 1 is 0.302 bits per heavy atom. The highest BCUT2D eigenvalue weighted by Gasteiger charge is 2.19. The van der Waals surface area contributed by atoms with Crippen LogP contribution in [-0.2, 0) is 28.6 Å². The molecule has 0 amide bonds. The molecule has 368 valence electrons. The Hall–Kier alpha value is -2.37. The molecule has 0 fully saturated rings. The number of carbonyl (C=O) groups excluding carboxylic acids is 3. The molecule has 0 N–H and O–H groups in total. The Morgan fingerprint density at radius 2 is 0.524 bits per heavy atom. The van der Waals surface area contributed by atoms with E-state index in [9.17, 15) is 14.4 Å². The second-order valence-electron chi connectivity index (χ2n) is 18.5. The monoisotopic (exact) mass is 885 g/mol. The number of esters is 3. The summed E-state index contributed by atoms with van der Waals surface area (Å²) in [4.78, 5) is 38.0. The molecule has 6 nitrogen and oxygen atoms in total. The molecule has 0 aliphatic heterocycles. The maximum atomic E-state index is 12.8. The van der Waals surface area contributed by atoms with Crippen molar-refractivity contribution in [1.82, 2.24) is 0 Å². The second-order valence-corrected chi connectivity index (χ2v) is 18.5. The Bertz CT molecular complexity index is 1060. The fourth-order valence-electron chi connectivity index (χ4n) is 7.90. The van der Waals surface area contributed by atoms with E-state index in [-0.39, 0.29) is 31.1 Å². The largest absolute Gasteiger partial charge is 0.462 e. The van der Waals surface area contributed by atoms with Crippen LogP contribution in [0.15, 0.2) is 36.5 Å². The van der Waals surface area contributed by atoms with E-state index in [0.717, 1.165) is 89.9 Å². The molecule has 0 saturated carbocycles. The van der Waals surface area contributed by atoms with Gasteiger partial charge in [0.05, 0.1) is 0 Å². The summed E-state index contributed by atoms with van der Waals surface area (Å²) in [5, 5.41) is 0. The highest BCUT2D eigenvalue weighted by Crippen LogP contribution is 2.15. The normalized spacial score (nSPS) is 12.2. The number of rotatable bonds is 50. The Balaban J connectivity index is 4.39. The molecular weight excluding hydrogens is 781 g/mol. The highest BCUT2D eigenvalue weighted by atomic mass is 16.6. The zero-order chi connectivity index (χ0) is 45.8. The number of hydrogen-bond donors (Lipinski definition) is 0. The first-order valence-electron chi connectivity index (χ1n) is 27.5. The minimum Gasteiger partial charge on any atom is -0.462 e. The average Bonchev–Trinajstić information content (AvgIpc) is 3.28. The Kier molecular flexibility index (Phi) is 50.3. The van der Waals surface area contributed by atoms with Gasteiger partial charge in [-0.3, -0.25) is 14.4 Å². The van der Waals surface area contributed by atoms with Gasteiger partial charge in [-0.15, -0.1) is 0 Å². The zero-order valence-electron chi connectivity index (χ0n) is 42.1. The maximum Gasteiger partial charge on any atom is 0.306 e. The fourth-order valence-corrected chi connectivity index (χ4v) is 7.90. The minimum atomic E-state index is -0.783. The van der Waals surface area contributed by atoms with Crippen LogP contribution >= 0.6 is 0 Å². The molecule has 0 aliphatic carbocycles. The molecular formula is C57H104O6. The van der Waals surface area contributed by atoms with E-state index >= 15 is 0 Å². The van der Waals surface area contributed by atoms with E-state index in [2.05, 4.69) is 57.2 Å². The second kappa shape index (κ2) is 52.3. The molecule has 0 bridgehead atoms. The molecule has 6 heteroatoms. The van der Waals surface area contributed by atoms with Crippen LogP contribution in [0.2, 0.25) is 0 Å². The van der Waals surface area contributed by atoms with Crippen molar-refractivity contribution < 1.29 is 28.6 Å². The summed E-state index contributed by atoms with van der Waals surface area (Å²) >= 11 is 0. The lowest BCUT2D eigenvalue weighted by molar-refractivity contribution is -0.167. The third-order valence-electron chi connectivity index (χ3n) is 12.1. The first kappa shape index (κ1) is 60.6. The van der Waals surface area contributed by atoms with Crippen molar-refractivity contribution in [3.05, 3.63) is 36.5 Å². The first-order chi connectivity index (χ1) is 31.0. The van der Waals surface area contributed by atoms with Gasteiger partial charge in [-0.25, -0.2) is 0 Å². The van der Waals surface area contributed by atoms with Gasteiger partial charge in [0.15, 0.2) is 6.10 Å². The standard InChI is InChI=1S/C57H104O6/c1-4-7-10-13-16-19-22-25-27-29-32-35-38-41-44-47-50-56(59)62-53-54(52-61-55(58)49-46-43-40-37-34-31-24-21-18-15-12-9-6-3)63-57(60)51-48-45-42-39-36-33-30-28-26-23-20-17-14-11-8-5-2/h27-31,34,54H,4-26,32-33,35-53H2,1-3H3/b29-27-,30-28-,34-31-. The molecule has 0 aliphatic rings. The molecule has 0 radical (unpaired) electrons. The van der Waals surface area contributed by atoms with Gasteiger partial charge < -0.3 is 14.2 Å². The van der Waals surface area contributed by atoms with Crippen LogP contribution in [0, 0.1) is 0 Å². The van der Waals surface area contributed by atoms with Crippen LogP contribution in [-0.4, -0.2) is 37.2 Å². The van der Waals surface area contributed by atoms with Crippen molar-refractivity contribution in [1.29, 1.82) is 0 Å². The molecule has 0 saturated heterocycles. The van der Waals surface area contributed by atoms with Crippen molar-refractivity contribution >= 4 is 17.9 Å². The van der Waals surface area contributed by atoms with Crippen LogP contribution < -0.4 is 0 Å². The van der Waals surface area contributed by atoms with Crippen LogP contribution in [0.5, 0.6) is 0 Å². The zero-order valence-corrected chi connectivity index (χ0v) is 42.1. The predicted octanol–water partition coefficient (Wildman–Crippen LogP) is 18.1.